The van der Waals surface area contributed by atoms with Crippen LogP contribution >= 0.6 is 0 Å². The molecule has 6 nitrogen and oxygen atoms in total. The van der Waals surface area contributed by atoms with E-state index in [0.29, 0.717) is 0 Å². The molecule has 0 aromatic carbocycles. The van der Waals surface area contributed by atoms with Gasteiger partial charge in [-0.05, 0) is 0 Å². The lowest BCUT2D eigenvalue weighted by Crippen LogP contribution is -2.45. The summed E-state index contributed by atoms with van der Waals surface area (Å²) in [5.74, 6) is 0. The Morgan fingerprint density at radius 2 is 1.33 bits per heavy atom. The summed E-state index contributed by atoms with van der Waals surface area (Å²) in [5.41, 5.74) is 0. The number of hydrogen-bond donors (Lipinski definition) is 4. The van der Waals surface area contributed by atoms with Crippen molar-refractivity contribution in [1.29, 1.82) is 0 Å². The van der Waals surface area contributed by atoms with E-state index in [1.165, 1.54) is 0 Å². The lowest BCUT2D eigenvalue weighted by molar-refractivity contribution is 0.128. The molecule has 4 N–H and O–H groups in total. The molecule has 0 heterocycles. The van der Waals surface area contributed by atoms with Crippen molar-refractivity contribution >= 4 is 29.1 Å². The molecule has 9 heteroatoms. The molecule has 0 aromatic rings. The molecule has 0 unspecified atom stereocenters. The van der Waals surface area contributed by atoms with Crippen LogP contribution in [0.5, 0.6) is 0 Å². The van der Waals surface area contributed by atoms with Crippen molar-refractivity contribution in [1.82, 2.24) is 0 Å². The first kappa shape index (κ1) is 9.41. The quantitative estimate of drug-likeness (QED) is 0.332. The summed E-state index contributed by atoms with van der Waals surface area (Å²) in [5, 5.41) is 0. The molecule has 0 saturated carbocycles. The van der Waals surface area contributed by atoms with Crippen molar-refractivity contribution < 1.29 is 27.4 Å². The van der Waals surface area contributed by atoms with Crippen LogP contribution < -0.4 is 0 Å². The monoisotopic (exact) mass is 188 g/mol. The van der Waals surface area contributed by atoms with Gasteiger partial charge < -0.3 is 27.4 Å². The Morgan fingerprint density at radius 1 is 1.00 bits per heavy atom. The Kier molecular flexibility index (Phi) is 4.46. The average Bonchev–Trinajstić information content (AvgIpc) is 1.64. The third kappa shape index (κ3) is 4.89. The van der Waals surface area contributed by atoms with E-state index in [1.807, 2.05) is 0 Å². The molecule has 0 saturated heterocycles. The van der Waals surface area contributed by atoms with Crippen molar-refractivity contribution in [2.45, 2.75) is 0 Å². The van der Waals surface area contributed by atoms with Crippen LogP contribution in [-0.2, 0) is 8.23 Å². The van der Waals surface area contributed by atoms with Crippen molar-refractivity contribution in [3.63, 3.8) is 0 Å². The van der Waals surface area contributed by atoms with Gasteiger partial charge in [-0.1, -0.05) is 0 Å². The zero-order chi connectivity index (χ0) is 7.33. The molecule has 0 bridgehead atoms. The molecule has 0 aliphatic heterocycles. The first-order valence-corrected chi connectivity index (χ1v) is 6.20. The van der Waals surface area contributed by atoms with E-state index in [1.54, 1.807) is 0 Å². The van der Waals surface area contributed by atoms with Gasteiger partial charge in [0.2, 0.25) is 0 Å². The summed E-state index contributed by atoms with van der Waals surface area (Å²) in [6.45, 7) is 0. The molecule has 56 valence electrons. The first-order valence-electron chi connectivity index (χ1n) is 2.07. The van der Waals surface area contributed by atoms with Gasteiger partial charge in [-0.25, -0.2) is 0 Å². The third-order valence-electron chi connectivity index (χ3n) is 0.505. The Balaban J connectivity index is 3.43. The Bertz CT molecular complexity index is 62.7. The van der Waals surface area contributed by atoms with Crippen LogP contribution in [0.3, 0.4) is 0 Å². The van der Waals surface area contributed by atoms with E-state index in [4.69, 9.17) is 19.2 Å². The van der Waals surface area contributed by atoms with Gasteiger partial charge in [0.1, 0.15) is 0 Å². The minimum absolute atomic E-state index is 1.86. The average molecular weight is 188 g/mol. The van der Waals surface area contributed by atoms with Gasteiger partial charge in [-0.3, -0.25) is 0 Å². The Labute approximate surface area is 57.3 Å². The maximum Gasteiger partial charge on any atom is 0.655 e. The van der Waals surface area contributed by atoms with Crippen molar-refractivity contribution in [3.8, 4) is 0 Å². The highest BCUT2D eigenvalue weighted by Crippen LogP contribution is 1.92. The summed E-state index contributed by atoms with van der Waals surface area (Å²) < 4.78 is 8.13. The van der Waals surface area contributed by atoms with Gasteiger partial charge >= 0.3 is 9.05 Å². The van der Waals surface area contributed by atoms with E-state index in [9.17, 15) is 0 Å². The largest absolute Gasteiger partial charge is 0.655 e. The van der Waals surface area contributed by atoms with E-state index < -0.39 is 29.1 Å². The fourth-order valence-corrected chi connectivity index (χ4v) is 2.64. The normalized spacial score (nSPS) is 14.7. The topological polar surface area (TPSA) is 99.4 Å². The summed E-state index contributed by atoms with van der Waals surface area (Å²) >= 11 is 0. The summed E-state index contributed by atoms with van der Waals surface area (Å²) in [6.07, 6.45) is 0. The third-order valence-corrected chi connectivity index (χ3v) is 4.55. The zero-order valence-corrected chi connectivity index (χ0v) is 8.35. The second kappa shape index (κ2) is 4.26. The molecular formula is H8O6Si3. The molecule has 0 amide bonds. The lowest BCUT2D eigenvalue weighted by Gasteiger charge is -2.13. The standard InChI is InChI=1S/H8O6Si3/c1-7-5-9(3,4)6-8-2/h1-4H,7-8H2. The number of hydrogen-bond acceptors (Lipinski definition) is 6. The van der Waals surface area contributed by atoms with E-state index in [2.05, 4.69) is 8.23 Å². The van der Waals surface area contributed by atoms with E-state index in [-0.39, 0.29) is 0 Å². The van der Waals surface area contributed by atoms with Crippen LogP contribution in [0.15, 0.2) is 0 Å². The highest BCUT2D eigenvalue weighted by Gasteiger charge is 2.34. The van der Waals surface area contributed by atoms with Gasteiger partial charge in [-0.2, -0.15) is 0 Å². The summed E-state index contributed by atoms with van der Waals surface area (Å²) in [4.78, 5) is 33.3. The molecular weight excluding hydrogens is 180 g/mol. The first-order chi connectivity index (χ1) is 4.12. The Hall–Kier alpha value is 0.411. The Morgan fingerprint density at radius 3 is 1.56 bits per heavy atom. The van der Waals surface area contributed by atoms with Crippen molar-refractivity contribution in [2.24, 2.45) is 0 Å². The zero-order valence-electron chi connectivity index (χ0n) is 4.52. The molecule has 9 heavy (non-hydrogen) atoms. The van der Waals surface area contributed by atoms with Gasteiger partial charge in [0.25, 0.3) is 20.0 Å². The van der Waals surface area contributed by atoms with Crippen LogP contribution in [0, 0.1) is 0 Å². The van der Waals surface area contributed by atoms with Crippen molar-refractivity contribution in [3.05, 3.63) is 0 Å². The second-order valence-corrected chi connectivity index (χ2v) is 5.02. The second-order valence-electron chi connectivity index (χ2n) is 1.10. The van der Waals surface area contributed by atoms with Gasteiger partial charge in [0.15, 0.2) is 0 Å². The SMILES string of the molecule is O[SiH2]O[Si](O)(O)O[SiH2]O. The van der Waals surface area contributed by atoms with Crippen LogP contribution in [0.1, 0.15) is 0 Å². The van der Waals surface area contributed by atoms with Crippen LogP contribution in [0.2, 0.25) is 0 Å². The molecule has 0 atom stereocenters. The predicted molar refractivity (Wildman–Crippen MR) is 33.9 cm³/mol. The van der Waals surface area contributed by atoms with Gasteiger partial charge in [0.05, 0.1) is 0 Å². The lowest BCUT2D eigenvalue weighted by atomic mass is 15.6. The molecule has 0 aromatic heterocycles. The van der Waals surface area contributed by atoms with Crippen LogP contribution in [-0.4, -0.2) is 48.2 Å². The van der Waals surface area contributed by atoms with Crippen LogP contribution in [0.25, 0.3) is 0 Å². The molecule has 0 spiro atoms. The minimum atomic E-state index is -4.08. The van der Waals surface area contributed by atoms with E-state index in [0.717, 1.165) is 0 Å². The molecule has 0 fully saturated rings. The minimum Gasteiger partial charge on any atom is -0.416 e. The number of rotatable bonds is 4. The highest BCUT2D eigenvalue weighted by molar-refractivity contribution is 6.60. The maximum absolute atomic E-state index is 8.51. The van der Waals surface area contributed by atoms with Crippen molar-refractivity contribution in [2.75, 3.05) is 0 Å². The van der Waals surface area contributed by atoms with E-state index >= 15 is 0 Å². The fourth-order valence-electron chi connectivity index (χ4n) is 0.210. The molecule has 0 rings (SSSR count). The smallest absolute Gasteiger partial charge is 0.416 e. The molecule has 0 aliphatic rings. The van der Waals surface area contributed by atoms with Gasteiger partial charge in [-0.15, -0.1) is 0 Å². The van der Waals surface area contributed by atoms with Gasteiger partial charge in [0, 0.05) is 0 Å². The fraction of sp³-hybridized carbons (Fsp3) is 0. The highest BCUT2D eigenvalue weighted by atomic mass is 28.5. The predicted octanol–water partition coefficient (Wildman–Crippen LogP) is -4.58. The molecule has 0 aliphatic carbocycles. The summed E-state index contributed by atoms with van der Waals surface area (Å²) in [6, 6.07) is 0. The molecule has 0 radical (unpaired) electrons. The summed E-state index contributed by atoms with van der Waals surface area (Å²) in [7, 11) is -7.81. The maximum atomic E-state index is 8.51. The van der Waals surface area contributed by atoms with Crippen LogP contribution in [0.4, 0.5) is 0 Å².